The predicted octanol–water partition coefficient (Wildman–Crippen LogP) is 2.92. The lowest BCUT2D eigenvalue weighted by Gasteiger charge is -2.10. The summed E-state index contributed by atoms with van der Waals surface area (Å²) in [5.41, 5.74) is 8.68. The van der Waals surface area contributed by atoms with E-state index in [9.17, 15) is 4.79 Å². The van der Waals surface area contributed by atoms with Gasteiger partial charge in [-0.1, -0.05) is 32.0 Å². The number of rotatable bonds is 5. The number of nitrogens with zero attached hydrogens (tertiary/aromatic N) is 2. The number of aromatic nitrogens is 1. The second-order valence-corrected chi connectivity index (χ2v) is 5.73. The maximum absolute atomic E-state index is 12.1. The van der Waals surface area contributed by atoms with E-state index in [0.717, 1.165) is 5.69 Å². The van der Waals surface area contributed by atoms with E-state index in [-0.39, 0.29) is 12.1 Å². The van der Waals surface area contributed by atoms with E-state index < -0.39 is 0 Å². The van der Waals surface area contributed by atoms with E-state index in [1.165, 1.54) is 5.56 Å². The Morgan fingerprint density at radius 3 is 2.78 bits per heavy atom. The number of hydrogen-bond acceptors (Lipinski definition) is 2. The average molecular weight is 312 g/mol. The molecule has 0 bridgehead atoms. The predicted molar refractivity (Wildman–Crippen MR) is 95.9 cm³/mol. The molecule has 2 rings (SSSR count). The molecular formula is C18H24N4O. The first-order valence-electron chi connectivity index (χ1n) is 7.86. The van der Waals surface area contributed by atoms with Gasteiger partial charge in [-0.15, -0.1) is 0 Å². The zero-order valence-corrected chi connectivity index (χ0v) is 13.9. The maximum Gasteiger partial charge on any atom is 0.255 e. The van der Waals surface area contributed by atoms with Crippen molar-refractivity contribution in [3.8, 4) is 0 Å². The minimum absolute atomic E-state index is 0.0200. The lowest BCUT2D eigenvalue weighted by molar-refractivity contribution is 0.714. The Morgan fingerprint density at radius 1 is 1.30 bits per heavy atom. The van der Waals surface area contributed by atoms with Crippen LogP contribution in [0.4, 0.5) is 5.69 Å². The molecule has 0 spiro atoms. The van der Waals surface area contributed by atoms with Gasteiger partial charge in [-0.3, -0.25) is 4.79 Å². The quantitative estimate of drug-likeness (QED) is 0.658. The summed E-state index contributed by atoms with van der Waals surface area (Å²) >= 11 is 0. The lowest BCUT2D eigenvalue weighted by atomic mass is 10.0. The fraction of sp³-hybridized carbons (Fsp3) is 0.333. The Bertz CT molecular complexity index is 747. The average Bonchev–Trinajstić information content (AvgIpc) is 2.54. The SMILES string of the molecule is CCn1cccc(CN=C(N)Nc2cccc(C(C)C)c2)c1=O. The summed E-state index contributed by atoms with van der Waals surface area (Å²) in [5.74, 6) is 0.754. The molecule has 5 nitrogen and oxygen atoms in total. The Balaban J connectivity index is 2.09. The minimum atomic E-state index is -0.0200. The molecule has 23 heavy (non-hydrogen) atoms. The van der Waals surface area contributed by atoms with E-state index in [4.69, 9.17) is 5.73 Å². The number of benzene rings is 1. The number of hydrogen-bond donors (Lipinski definition) is 2. The summed E-state index contributed by atoms with van der Waals surface area (Å²) in [6.45, 7) is 7.13. The molecule has 0 radical (unpaired) electrons. The van der Waals surface area contributed by atoms with Crippen LogP contribution in [0.3, 0.4) is 0 Å². The van der Waals surface area contributed by atoms with Crippen molar-refractivity contribution in [2.45, 2.75) is 39.8 Å². The second kappa shape index (κ2) is 7.63. The summed E-state index contributed by atoms with van der Waals surface area (Å²) < 4.78 is 1.65. The Labute approximate surface area is 136 Å². The Morgan fingerprint density at radius 2 is 2.09 bits per heavy atom. The zero-order chi connectivity index (χ0) is 16.8. The van der Waals surface area contributed by atoms with Crippen molar-refractivity contribution in [3.63, 3.8) is 0 Å². The zero-order valence-electron chi connectivity index (χ0n) is 13.9. The summed E-state index contributed by atoms with van der Waals surface area (Å²) in [5, 5.41) is 3.07. The molecule has 2 aromatic rings. The number of nitrogens with one attached hydrogen (secondary N) is 1. The number of anilines is 1. The standard InChI is InChI=1S/C18H24N4O/c1-4-22-10-6-8-15(17(22)23)12-20-18(19)21-16-9-5-7-14(11-16)13(2)3/h5-11,13H,4,12H2,1-3H3,(H3,19,20,21). The number of aryl methyl sites for hydroxylation is 1. The van der Waals surface area contributed by atoms with Crippen LogP contribution in [0.15, 0.2) is 52.4 Å². The fourth-order valence-electron chi connectivity index (χ4n) is 2.29. The summed E-state index contributed by atoms with van der Waals surface area (Å²) in [7, 11) is 0. The first-order chi connectivity index (χ1) is 11.0. The van der Waals surface area contributed by atoms with Crippen LogP contribution in [0.25, 0.3) is 0 Å². The minimum Gasteiger partial charge on any atom is -0.370 e. The lowest BCUT2D eigenvalue weighted by Crippen LogP contribution is -2.25. The molecule has 0 aliphatic heterocycles. The Hall–Kier alpha value is -2.56. The normalized spacial score (nSPS) is 11.7. The van der Waals surface area contributed by atoms with E-state index in [0.29, 0.717) is 24.0 Å². The molecule has 5 heteroatoms. The van der Waals surface area contributed by atoms with Gasteiger partial charge < -0.3 is 15.6 Å². The highest BCUT2D eigenvalue weighted by Gasteiger charge is 2.03. The molecular weight excluding hydrogens is 288 g/mol. The van der Waals surface area contributed by atoms with Crippen LogP contribution in [-0.4, -0.2) is 10.5 Å². The van der Waals surface area contributed by atoms with E-state index >= 15 is 0 Å². The van der Waals surface area contributed by atoms with Gasteiger partial charge in [0.1, 0.15) is 0 Å². The van der Waals surface area contributed by atoms with Gasteiger partial charge in [0.15, 0.2) is 5.96 Å². The monoisotopic (exact) mass is 312 g/mol. The highest BCUT2D eigenvalue weighted by atomic mass is 16.1. The molecule has 1 aromatic carbocycles. The largest absolute Gasteiger partial charge is 0.370 e. The van der Waals surface area contributed by atoms with Crippen molar-refractivity contribution < 1.29 is 0 Å². The molecule has 0 saturated heterocycles. The number of guanidine groups is 1. The highest BCUT2D eigenvalue weighted by Crippen LogP contribution is 2.18. The molecule has 0 fully saturated rings. The third-order valence-electron chi connectivity index (χ3n) is 3.69. The van der Waals surface area contributed by atoms with Crippen LogP contribution in [0.2, 0.25) is 0 Å². The fourth-order valence-corrected chi connectivity index (χ4v) is 2.29. The molecule has 0 saturated carbocycles. The third-order valence-corrected chi connectivity index (χ3v) is 3.69. The van der Waals surface area contributed by atoms with E-state index in [2.05, 4.69) is 36.3 Å². The van der Waals surface area contributed by atoms with Gasteiger partial charge in [0.2, 0.25) is 0 Å². The third kappa shape index (κ3) is 4.45. The molecule has 3 N–H and O–H groups in total. The van der Waals surface area contributed by atoms with Crippen molar-refractivity contribution in [2.24, 2.45) is 10.7 Å². The van der Waals surface area contributed by atoms with Gasteiger partial charge in [-0.05, 0) is 36.6 Å². The summed E-state index contributed by atoms with van der Waals surface area (Å²) in [6.07, 6.45) is 1.77. The van der Waals surface area contributed by atoms with Crippen molar-refractivity contribution in [3.05, 3.63) is 64.1 Å². The van der Waals surface area contributed by atoms with Gasteiger partial charge >= 0.3 is 0 Å². The van der Waals surface area contributed by atoms with Crippen molar-refractivity contribution in [1.82, 2.24) is 4.57 Å². The van der Waals surface area contributed by atoms with Crippen LogP contribution in [0, 0.1) is 0 Å². The summed E-state index contributed by atoms with van der Waals surface area (Å²) in [4.78, 5) is 16.4. The molecule has 122 valence electrons. The first kappa shape index (κ1) is 16.8. The van der Waals surface area contributed by atoms with Crippen molar-refractivity contribution in [2.75, 3.05) is 5.32 Å². The number of aliphatic imine (C=N–C) groups is 1. The number of nitrogens with two attached hydrogens (primary N) is 1. The molecule has 0 amide bonds. The molecule has 0 aliphatic carbocycles. The van der Waals surface area contributed by atoms with Gasteiger partial charge in [-0.25, -0.2) is 4.99 Å². The van der Waals surface area contributed by atoms with Crippen LogP contribution in [-0.2, 0) is 13.1 Å². The molecule has 1 heterocycles. The van der Waals surface area contributed by atoms with Crippen LogP contribution in [0.1, 0.15) is 37.8 Å². The van der Waals surface area contributed by atoms with Crippen LogP contribution < -0.4 is 16.6 Å². The van der Waals surface area contributed by atoms with Crippen molar-refractivity contribution in [1.29, 1.82) is 0 Å². The smallest absolute Gasteiger partial charge is 0.255 e. The second-order valence-electron chi connectivity index (χ2n) is 5.73. The van der Waals surface area contributed by atoms with Gasteiger partial charge in [-0.2, -0.15) is 0 Å². The first-order valence-corrected chi connectivity index (χ1v) is 7.86. The van der Waals surface area contributed by atoms with E-state index in [1.807, 2.05) is 25.1 Å². The van der Waals surface area contributed by atoms with Gasteiger partial charge in [0, 0.05) is 24.0 Å². The van der Waals surface area contributed by atoms with Gasteiger partial charge in [0.05, 0.1) is 6.54 Å². The molecule has 1 aromatic heterocycles. The Kier molecular flexibility index (Phi) is 5.57. The topological polar surface area (TPSA) is 72.4 Å². The molecule has 0 unspecified atom stereocenters. The number of pyridine rings is 1. The van der Waals surface area contributed by atoms with Gasteiger partial charge in [0.25, 0.3) is 5.56 Å². The molecule has 0 atom stereocenters. The summed E-state index contributed by atoms with van der Waals surface area (Å²) in [6, 6.07) is 11.7. The molecule has 0 aliphatic rings. The maximum atomic E-state index is 12.1. The van der Waals surface area contributed by atoms with Crippen LogP contribution in [0.5, 0.6) is 0 Å². The van der Waals surface area contributed by atoms with Crippen LogP contribution >= 0.6 is 0 Å². The van der Waals surface area contributed by atoms with E-state index in [1.54, 1.807) is 16.8 Å². The van der Waals surface area contributed by atoms with Crippen molar-refractivity contribution >= 4 is 11.6 Å². The highest BCUT2D eigenvalue weighted by molar-refractivity contribution is 5.92.